The van der Waals surface area contributed by atoms with Gasteiger partial charge >= 0.3 is 0 Å². The average molecular weight is 347 g/mol. The molecule has 1 aliphatic heterocycles. The quantitative estimate of drug-likeness (QED) is 0.925. The Morgan fingerprint density at radius 1 is 1.33 bits per heavy atom. The largest absolute Gasteiger partial charge is 0.352 e. The molecule has 1 N–H and O–H groups in total. The Labute approximate surface area is 144 Å². The van der Waals surface area contributed by atoms with Crippen molar-refractivity contribution in [2.75, 3.05) is 18.5 Å². The lowest BCUT2D eigenvalue weighted by Crippen LogP contribution is -2.26. The number of carbonyl (C=O) groups excluding carboxylic acids is 2. The minimum Gasteiger partial charge on any atom is -0.352 e. The zero-order valence-corrected chi connectivity index (χ0v) is 13.9. The Morgan fingerprint density at radius 3 is 2.88 bits per heavy atom. The van der Waals surface area contributed by atoms with Crippen molar-refractivity contribution in [2.24, 2.45) is 0 Å². The maximum atomic E-state index is 13.7. The van der Waals surface area contributed by atoms with E-state index in [9.17, 15) is 14.0 Å². The first-order chi connectivity index (χ1) is 11.5. The summed E-state index contributed by atoms with van der Waals surface area (Å²) < 4.78 is 13.7. The standard InChI is InChI=1S/C18H16ClFN2O2/c1-22-15-6-5-11(9-12(15)10-16(22)23)7-8-21-18(24)17-13(19)3-2-4-14(17)20/h2-6,9H,7-8,10H2,1H3,(H,21,24). The lowest BCUT2D eigenvalue weighted by molar-refractivity contribution is -0.117. The van der Waals surface area contributed by atoms with Crippen LogP contribution in [0.4, 0.5) is 10.1 Å². The van der Waals surface area contributed by atoms with Crippen molar-refractivity contribution in [3.8, 4) is 0 Å². The highest BCUT2D eigenvalue weighted by molar-refractivity contribution is 6.33. The van der Waals surface area contributed by atoms with Crippen molar-refractivity contribution < 1.29 is 14.0 Å². The van der Waals surface area contributed by atoms with Gasteiger partial charge in [-0.25, -0.2) is 4.39 Å². The number of halogens is 2. The number of hydrogen-bond acceptors (Lipinski definition) is 2. The molecule has 0 aliphatic carbocycles. The van der Waals surface area contributed by atoms with Gasteiger partial charge in [-0.1, -0.05) is 29.8 Å². The first-order valence-corrected chi connectivity index (χ1v) is 7.95. The van der Waals surface area contributed by atoms with E-state index in [1.165, 1.54) is 18.2 Å². The number of fused-ring (bicyclic) bond motifs is 1. The lowest BCUT2D eigenvalue weighted by Gasteiger charge is -2.11. The molecule has 124 valence electrons. The number of hydrogen-bond donors (Lipinski definition) is 1. The van der Waals surface area contributed by atoms with Crippen molar-refractivity contribution >= 4 is 29.1 Å². The molecular formula is C18H16ClFN2O2. The van der Waals surface area contributed by atoms with E-state index >= 15 is 0 Å². The SMILES string of the molecule is CN1C(=O)Cc2cc(CCNC(=O)c3c(F)cccc3Cl)ccc21. The summed E-state index contributed by atoms with van der Waals surface area (Å²) in [6.45, 7) is 0.353. The number of nitrogens with zero attached hydrogens (tertiary/aromatic N) is 1. The summed E-state index contributed by atoms with van der Waals surface area (Å²) in [5.74, 6) is -1.10. The fourth-order valence-electron chi connectivity index (χ4n) is 2.80. The second-order valence-corrected chi connectivity index (χ2v) is 6.10. The average Bonchev–Trinajstić information content (AvgIpc) is 2.81. The maximum absolute atomic E-state index is 13.7. The molecule has 0 unspecified atom stereocenters. The number of benzene rings is 2. The molecule has 0 saturated heterocycles. The predicted octanol–water partition coefficient (Wildman–Crippen LogP) is 2.97. The molecule has 2 aromatic rings. The highest BCUT2D eigenvalue weighted by atomic mass is 35.5. The molecule has 1 heterocycles. The van der Waals surface area contributed by atoms with Gasteiger partial charge in [-0.05, 0) is 35.7 Å². The Bertz CT molecular complexity index is 802. The van der Waals surface area contributed by atoms with E-state index < -0.39 is 11.7 Å². The zero-order chi connectivity index (χ0) is 17.3. The number of anilines is 1. The molecular weight excluding hydrogens is 331 g/mol. The first-order valence-electron chi connectivity index (χ1n) is 7.58. The topological polar surface area (TPSA) is 49.4 Å². The predicted molar refractivity (Wildman–Crippen MR) is 91.0 cm³/mol. The number of carbonyl (C=O) groups is 2. The van der Waals surface area contributed by atoms with E-state index in [0.717, 1.165) is 16.8 Å². The van der Waals surface area contributed by atoms with Crippen LogP contribution in [0.5, 0.6) is 0 Å². The first kappa shape index (κ1) is 16.5. The fourth-order valence-corrected chi connectivity index (χ4v) is 3.05. The molecule has 3 rings (SSSR count). The number of likely N-dealkylation sites (N-methyl/N-ethyl adjacent to an activating group) is 1. The van der Waals surface area contributed by atoms with Crippen LogP contribution < -0.4 is 10.2 Å². The normalized spacial score (nSPS) is 13.1. The second-order valence-electron chi connectivity index (χ2n) is 5.70. The van der Waals surface area contributed by atoms with Crippen LogP contribution in [0.15, 0.2) is 36.4 Å². The molecule has 0 radical (unpaired) electrons. The highest BCUT2D eigenvalue weighted by Crippen LogP contribution is 2.28. The highest BCUT2D eigenvalue weighted by Gasteiger charge is 2.23. The van der Waals surface area contributed by atoms with Crippen LogP contribution in [-0.4, -0.2) is 25.4 Å². The van der Waals surface area contributed by atoms with E-state index in [2.05, 4.69) is 5.32 Å². The third-order valence-electron chi connectivity index (χ3n) is 4.11. The molecule has 1 aliphatic rings. The van der Waals surface area contributed by atoms with Crippen LogP contribution in [0.25, 0.3) is 0 Å². The van der Waals surface area contributed by atoms with E-state index in [4.69, 9.17) is 11.6 Å². The number of rotatable bonds is 4. The van der Waals surface area contributed by atoms with Crippen LogP contribution in [0.3, 0.4) is 0 Å². The summed E-state index contributed by atoms with van der Waals surface area (Å²) in [6, 6.07) is 9.94. The van der Waals surface area contributed by atoms with Gasteiger partial charge in [0.15, 0.2) is 0 Å². The summed E-state index contributed by atoms with van der Waals surface area (Å²) in [5, 5.41) is 2.76. The molecule has 0 atom stereocenters. The minimum atomic E-state index is -0.640. The molecule has 6 heteroatoms. The summed E-state index contributed by atoms with van der Waals surface area (Å²) in [5.41, 5.74) is 2.78. The smallest absolute Gasteiger partial charge is 0.255 e. The van der Waals surface area contributed by atoms with E-state index in [0.29, 0.717) is 19.4 Å². The molecule has 0 bridgehead atoms. The summed E-state index contributed by atoms with van der Waals surface area (Å²) >= 11 is 5.87. The summed E-state index contributed by atoms with van der Waals surface area (Å²) in [7, 11) is 1.76. The Hall–Kier alpha value is -2.40. The van der Waals surface area contributed by atoms with E-state index in [1.54, 1.807) is 11.9 Å². The molecule has 4 nitrogen and oxygen atoms in total. The maximum Gasteiger partial charge on any atom is 0.255 e. The third-order valence-corrected chi connectivity index (χ3v) is 4.43. The number of amides is 2. The number of nitrogens with one attached hydrogen (secondary N) is 1. The van der Waals surface area contributed by atoms with Crippen LogP contribution >= 0.6 is 11.6 Å². The lowest BCUT2D eigenvalue weighted by atomic mass is 10.1. The molecule has 0 spiro atoms. The van der Waals surface area contributed by atoms with E-state index in [-0.39, 0.29) is 16.5 Å². The van der Waals surface area contributed by atoms with Crippen molar-refractivity contribution in [1.29, 1.82) is 0 Å². The summed E-state index contributed by atoms with van der Waals surface area (Å²) in [4.78, 5) is 25.4. The summed E-state index contributed by atoms with van der Waals surface area (Å²) in [6.07, 6.45) is 0.986. The van der Waals surface area contributed by atoms with Crippen molar-refractivity contribution in [2.45, 2.75) is 12.8 Å². The van der Waals surface area contributed by atoms with Gasteiger partial charge in [0, 0.05) is 19.3 Å². The van der Waals surface area contributed by atoms with Crippen LogP contribution in [0, 0.1) is 5.82 Å². The molecule has 0 fully saturated rings. The fraction of sp³-hybridized carbons (Fsp3) is 0.222. The van der Waals surface area contributed by atoms with Crippen LogP contribution in [-0.2, 0) is 17.6 Å². The monoisotopic (exact) mass is 346 g/mol. The van der Waals surface area contributed by atoms with Crippen molar-refractivity contribution in [1.82, 2.24) is 5.32 Å². The van der Waals surface area contributed by atoms with Gasteiger partial charge < -0.3 is 10.2 Å². The molecule has 0 saturated carbocycles. The van der Waals surface area contributed by atoms with Gasteiger partial charge in [0.25, 0.3) is 5.91 Å². The van der Waals surface area contributed by atoms with Crippen molar-refractivity contribution in [3.63, 3.8) is 0 Å². The van der Waals surface area contributed by atoms with Gasteiger partial charge in [0.05, 0.1) is 17.0 Å². The zero-order valence-electron chi connectivity index (χ0n) is 13.1. The minimum absolute atomic E-state index is 0.0737. The van der Waals surface area contributed by atoms with Crippen LogP contribution in [0.1, 0.15) is 21.5 Å². The third kappa shape index (κ3) is 3.12. The van der Waals surface area contributed by atoms with Gasteiger partial charge in [0.2, 0.25) is 5.91 Å². The Kier molecular flexibility index (Phi) is 4.53. The van der Waals surface area contributed by atoms with Gasteiger partial charge in [0.1, 0.15) is 5.82 Å². The Balaban J connectivity index is 1.62. The molecule has 24 heavy (non-hydrogen) atoms. The van der Waals surface area contributed by atoms with Crippen LogP contribution in [0.2, 0.25) is 5.02 Å². The van der Waals surface area contributed by atoms with Gasteiger partial charge in [-0.15, -0.1) is 0 Å². The molecule has 0 aromatic heterocycles. The van der Waals surface area contributed by atoms with Gasteiger partial charge in [-0.2, -0.15) is 0 Å². The molecule has 2 aromatic carbocycles. The Morgan fingerprint density at radius 2 is 2.12 bits per heavy atom. The van der Waals surface area contributed by atoms with Crippen molar-refractivity contribution in [3.05, 3.63) is 63.9 Å². The van der Waals surface area contributed by atoms with Gasteiger partial charge in [-0.3, -0.25) is 9.59 Å². The van der Waals surface area contributed by atoms with E-state index in [1.807, 2.05) is 18.2 Å². The molecule has 2 amide bonds. The second kappa shape index (κ2) is 6.61.